The quantitative estimate of drug-likeness (QED) is 0.868. The van der Waals surface area contributed by atoms with Gasteiger partial charge in [0.15, 0.2) is 0 Å². The van der Waals surface area contributed by atoms with Crippen molar-refractivity contribution in [2.75, 3.05) is 0 Å². The van der Waals surface area contributed by atoms with E-state index in [2.05, 4.69) is 39.1 Å². The second kappa shape index (κ2) is 5.47. The van der Waals surface area contributed by atoms with Gasteiger partial charge in [0.2, 0.25) is 0 Å². The summed E-state index contributed by atoms with van der Waals surface area (Å²) in [6.07, 6.45) is 1.12. The number of thiophene rings is 1. The van der Waals surface area contributed by atoms with Crippen LogP contribution in [0.4, 0.5) is 0 Å². The Bertz CT molecular complexity index is 368. The van der Waals surface area contributed by atoms with Crippen LogP contribution in [0.2, 0.25) is 0 Å². The lowest BCUT2D eigenvalue weighted by Crippen LogP contribution is -2.39. The zero-order chi connectivity index (χ0) is 12.2. The molecule has 3 heteroatoms. The van der Waals surface area contributed by atoms with Gasteiger partial charge < -0.3 is 5.32 Å². The molecule has 1 atom stereocenters. The predicted octanol–water partition coefficient (Wildman–Crippen LogP) is 3.53. The molecule has 0 radical (unpaired) electrons. The van der Waals surface area contributed by atoms with Crippen LogP contribution in [-0.2, 0) is 6.54 Å². The van der Waals surface area contributed by atoms with E-state index >= 15 is 0 Å². The summed E-state index contributed by atoms with van der Waals surface area (Å²) in [4.78, 5) is 1.24. The Morgan fingerprint density at radius 1 is 1.50 bits per heavy atom. The minimum Gasteiger partial charge on any atom is -0.309 e. The highest BCUT2D eigenvalue weighted by molar-refractivity contribution is 7.10. The van der Waals surface area contributed by atoms with Crippen molar-refractivity contribution in [2.24, 2.45) is 5.41 Å². The highest BCUT2D eigenvalue weighted by atomic mass is 32.1. The van der Waals surface area contributed by atoms with Gasteiger partial charge in [0, 0.05) is 22.8 Å². The van der Waals surface area contributed by atoms with Crippen LogP contribution in [-0.4, -0.2) is 6.04 Å². The smallest absolute Gasteiger partial charge is 0.100 e. The Morgan fingerprint density at radius 3 is 2.62 bits per heavy atom. The predicted molar refractivity (Wildman–Crippen MR) is 69.4 cm³/mol. The van der Waals surface area contributed by atoms with Gasteiger partial charge in [0.25, 0.3) is 0 Å². The van der Waals surface area contributed by atoms with E-state index in [1.807, 2.05) is 11.4 Å². The molecule has 1 rings (SSSR count). The van der Waals surface area contributed by atoms with Crippen LogP contribution in [0.1, 0.15) is 44.6 Å². The normalized spacial score (nSPS) is 13.4. The molecule has 0 aromatic carbocycles. The number of nitriles is 1. The molecule has 0 amide bonds. The molecular weight excluding hydrogens is 216 g/mol. The van der Waals surface area contributed by atoms with Crippen molar-refractivity contribution in [2.45, 2.75) is 46.7 Å². The van der Waals surface area contributed by atoms with E-state index in [1.54, 1.807) is 11.3 Å². The molecular formula is C13H20N2S. The average Bonchev–Trinajstić information content (AvgIpc) is 2.64. The molecule has 0 saturated heterocycles. The van der Waals surface area contributed by atoms with Gasteiger partial charge in [0.1, 0.15) is 6.07 Å². The molecule has 2 nitrogen and oxygen atoms in total. The zero-order valence-corrected chi connectivity index (χ0v) is 11.3. The first kappa shape index (κ1) is 13.2. The van der Waals surface area contributed by atoms with Gasteiger partial charge in [-0.2, -0.15) is 5.26 Å². The fourth-order valence-electron chi connectivity index (χ4n) is 1.82. The minimum atomic E-state index is 0.282. The molecule has 16 heavy (non-hydrogen) atoms. The maximum absolute atomic E-state index is 8.74. The Hall–Kier alpha value is -0.850. The average molecular weight is 236 g/mol. The van der Waals surface area contributed by atoms with Crippen LogP contribution in [0.15, 0.2) is 11.4 Å². The zero-order valence-electron chi connectivity index (χ0n) is 10.5. The number of hydrogen-bond donors (Lipinski definition) is 1. The van der Waals surface area contributed by atoms with E-state index in [1.165, 1.54) is 4.88 Å². The van der Waals surface area contributed by atoms with Crippen molar-refractivity contribution in [3.8, 4) is 6.07 Å². The van der Waals surface area contributed by atoms with Crippen LogP contribution in [0.3, 0.4) is 0 Å². The van der Waals surface area contributed by atoms with Crippen molar-refractivity contribution in [3.63, 3.8) is 0 Å². The summed E-state index contributed by atoms with van der Waals surface area (Å²) in [6.45, 7) is 9.83. The lowest BCUT2D eigenvalue weighted by molar-refractivity contribution is 0.260. The van der Waals surface area contributed by atoms with Gasteiger partial charge in [0.05, 0.1) is 5.56 Å². The summed E-state index contributed by atoms with van der Waals surface area (Å²) in [5.41, 5.74) is 1.05. The first-order chi connectivity index (χ1) is 7.47. The molecule has 1 aromatic heterocycles. The lowest BCUT2D eigenvalue weighted by atomic mass is 9.85. The van der Waals surface area contributed by atoms with Crippen molar-refractivity contribution in [1.82, 2.24) is 5.32 Å². The summed E-state index contributed by atoms with van der Waals surface area (Å²) in [6, 6.07) is 4.64. The lowest BCUT2D eigenvalue weighted by Gasteiger charge is -2.30. The van der Waals surface area contributed by atoms with E-state index in [0.717, 1.165) is 18.5 Å². The van der Waals surface area contributed by atoms with Crippen LogP contribution in [0.5, 0.6) is 0 Å². The maximum atomic E-state index is 8.74. The van der Waals surface area contributed by atoms with Crippen LogP contribution < -0.4 is 5.32 Å². The third-order valence-corrected chi connectivity index (χ3v) is 3.70. The van der Waals surface area contributed by atoms with Crippen molar-refractivity contribution in [3.05, 3.63) is 21.9 Å². The second-order valence-electron chi connectivity index (χ2n) is 5.12. The van der Waals surface area contributed by atoms with Gasteiger partial charge in [-0.1, -0.05) is 27.7 Å². The summed E-state index contributed by atoms with van der Waals surface area (Å²) in [5.74, 6) is 0. The molecule has 0 bridgehead atoms. The van der Waals surface area contributed by atoms with E-state index in [9.17, 15) is 0 Å². The molecule has 0 saturated carbocycles. The SMILES string of the molecule is CCC(NCc1cc(C#N)cs1)C(C)(C)C. The van der Waals surface area contributed by atoms with Gasteiger partial charge in [-0.05, 0) is 17.9 Å². The summed E-state index contributed by atoms with van der Waals surface area (Å²) >= 11 is 1.65. The third kappa shape index (κ3) is 3.62. The van der Waals surface area contributed by atoms with Gasteiger partial charge in [-0.15, -0.1) is 11.3 Å². The largest absolute Gasteiger partial charge is 0.309 e. The molecule has 0 aliphatic rings. The first-order valence-corrected chi connectivity index (χ1v) is 6.56. The third-order valence-electron chi connectivity index (χ3n) is 2.76. The van der Waals surface area contributed by atoms with E-state index in [-0.39, 0.29) is 5.41 Å². The number of hydrogen-bond acceptors (Lipinski definition) is 3. The molecule has 1 heterocycles. The van der Waals surface area contributed by atoms with E-state index in [4.69, 9.17) is 5.26 Å². The Kier molecular flexibility index (Phi) is 4.52. The highest BCUT2D eigenvalue weighted by Crippen LogP contribution is 2.22. The standard InChI is InChI=1S/C13H20N2S/c1-5-12(13(2,3)4)15-8-11-6-10(7-14)9-16-11/h6,9,12,15H,5,8H2,1-4H3. The fraction of sp³-hybridized carbons (Fsp3) is 0.615. The maximum Gasteiger partial charge on any atom is 0.100 e. The van der Waals surface area contributed by atoms with E-state index in [0.29, 0.717) is 6.04 Å². The Morgan fingerprint density at radius 2 is 2.19 bits per heavy atom. The molecule has 0 aliphatic carbocycles. The van der Waals surface area contributed by atoms with Gasteiger partial charge >= 0.3 is 0 Å². The van der Waals surface area contributed by atoms with Crippen LogP contribution in [0, 0.1) is 16.7 Å². The molecule has 0 fully saturated rings. The number of rotatable bonds is 4. The summed E-state index contributed by atoms with van der Waals surface area (Å²) < 4.78 is 0. The van der Waals surface area contributed by atoms with Crippen LogP contribution >= 0.6 is 11.3 Å². The number of nitrogens with zero attached hydrogens (tertiary/aromatic N) is 1. The van der Waals surface area contributed by atoms with Crippen molar-refractivity contribution in [1.29, 1.82) is 5.26 Å². The fourth-order valence-corrected chi connectivity index (χ4v) is 2.58. The minimum absolute atomic E-state index is 0.282. The molecule has 1 aromatic rings. The topological polar surface area (TPSA) is 35.8 Å². The first-order valence-electron chi connectivity index (χ1n) is 5.68. The summed E-state index contributed by atoms with van der Waals surface area (Å²) in [5, 5.41) is 14.2. The van der Waals surface area contributed by atoms with Gasteiger partial charge in [-0.25, -0.2) is 0 Å². The molecule has 0 spiro atoms. The Balaban J connectivity index is 2.53. The monoisotopic (exact) mass is 236 g/mol. The molecule has 1 N–H and O–H groups in total. The van der Waals surface area contributed by atoms with Gasteiger partial charge in [-0.3, -0.25) is 0 Å². The van der Waals surface area contributed by atoms with Crippen LogP contribution in [0.25, 0.3) is 0 Å². The second-order valence-corrected chi connectivity index (χ2v) is 6.12. The molecule has 1 unspecified atom stereocenters. The molecule has 0 aliphatic heterocycles. The summed E-state index contributed by atoms with van der Waals surface area (Å²) in [7, 11) is 0. The highest BCUT2D eigenvalue weighted by Gasteiger charge is 2.22. The number of nitrogens with one attached hydrogen (secondary N) is 1. The Labute approximate surface area is 102 Å². The van der Waals surface area contributed by atoms with Crippen molar-refractivity contribution < 1.29 is 0 Å². The van der Waals surface area contributed by atoms with E-state index < -0.39 is 0 Å². The van der Waals surface area contributed by atoms with Crippen molar-refractivity contribution >= 4 is 11.3 Å². The molecule has 88 valence electrons.